The zero-order valence-corrected chi connectivity index (χ0v) is 13.2. The Hall–Kier alpha value is -1.26. The molecule has 1 saturated carbocycles. The first-order valence-electron chi connectivity index (χ1n) is 7.92. The SMILES string of the molecule is CCc1c(CNC2CC2)sc2cc3c(cc12)OCCCO3. The molecule has 2 aromatic rings. The number of nitrogens with one attached hydrogen (secondary N) is 1. The summed E-state index contributed by atoms with van der Waals surface area (Å²) in [6.45, 7) is 4.74. The normalized spacial score (nSPS) is 18.0. The lowest BCUT2D eigenvalue weighted by Gasteiger charge is -2.07. The second-order valence-electron chi connectivity index (χ2n) is 5.86. The van der Waals surface area contributed by atoms with Crippen LogP contribution in [0.25, 0.3) is 10.1 Å². The standard InChI is InChI=1S/C17H21NO2S/c1-2-12-13-8-14-15(20-7-3-6-19-14)9-16(13)21-17(12)10-18-11-4-5-11/h8-9,11,18H,2-7,10H2,1H3. The van der Waals surface area contributed by atoms with Crippen LogP contribution in [0.1, 0.15) is 36.6 Å². The van der Waals surface area contributed by atoms with Gasteiger partial charge in [0, 0.05) is 34.7 Å². The summed E-state index contributed by atoms with van der Waals surface area (Å²) in [5.41, 5.74) is 1.47. The Morgan fingerprint density at radius 1 is 1.19 bits per heavy atom. The maximum Gasteiger partial charge on any atom is 0.162 e. The van der Waals surface area contributed by atoms with E-state index in [1.807, 2.05) is 11.3 Å². The van der Waals surface area contributed by atoms with Gasteiger partial charge in [0.05, 0.1) is 13.2 Å². The van der Waals surface area contributed by atoms with Crippen molar-refractivity contribution < 1.29 is 9.47 Å². The van der Waals surface area contributed by atoms with Gasteiger partial charge in [0.2, 0.25) is 0 Å². The van der Waals surface area contributed by atoms with Crippen LogP contribution in [0, 0.1) is 0 Å². The summed E-state index contributed by atoms with van der Waals surface area (Å²) in [5, 5.41) is 4.98. The fraction of sp³-hybridized carbons (Fsp3) is 0.529. The zero-order valence-electron chi connectivity index (χ0n) is 12.4. The molecule has 0 unspecified atom stereocenters. The molecule has 0 radical (unpaired) electrons. The molecule has 4 rings (SSSR count). The number of thiophene rings is 1. The minimum Gasteiger partial charge on any atom is -0.490 e. The predicted molar refractivity (Wildman–Crippen MR) is 86.7 cm³/mol. The molecule has 112 valence electrons. The molecular weight excluding hydrogens is 282 g/mol. The summed E-state index contributed by atoms with van der Waals surface area (Å²) < 4.78 is 13.0. The van der Waals surface area contributed by atoms with Crippen molar-refractivity contribution in [1.29, 1.82) is 0 Å². The van der Waals surface area contributed by atoms with Crippen molar-refractivity contribution in [3.05, 3.63) is 22.6 Å². The molecule has 1 aromatic heterocycles. The Labute approximate surface area is 129 Å². The zero-order chi connectivity index (χ0) is 14.2. The molecule has 1 aromatic carbocycles. The van der Waals surface area contributed by atoms with Crippen molar-refractivity contribution in [3.63, 3.8) is 0 Å². The van der Waals surface area contributed by atoms with Gasteiger partial charge in [-0.3, -0.25) is 0 Å². The van der Waals surface area contributed by atoms with E-state index in [2.05, 4.69) is 24.4 Å². The van der Waals surface area contributed by atoms with Crippen molar-refractivity contribution in [2.24, 2.45) is 0 Å². The first-order chi connectivity index (χ1) is 10.3. The van der Waals surface area contributed by atoms with Gasteiger partial charge in [-0.2, -0.15) is 0 Å². The molecule has 4 heteroatoms. The van der Waals surface area contributed by atoms with Crippen molar-refractivity contribution in [3.8, 4) is 11.5 Å². The molecule has 0 amide bonds. The third-order valence-corrected chi connectivity index (χ3v) is 5.42. The van der Waals surface area contributed by atoms with Crippen LogP contribution in [0.4, 0.5) is 0 Å². The minimum atomic E-state index is 0.750. The molecule has 3 nitrogen and oxygen atoms in total. The number of ether oxygens (including phenoxy) is 2. The fourth-order valence-electron chi connectivity index (χ4n) is 2.91. The van der Waals surface area contributed by atoms with E-state index in [0.29, 0.717) is 0 Å². The molecule has 21 heavy (non-hydrogen) atoms. The lowest BCUT2D eigenvalue weighted by atomic mass is 10.1. The van der Waals surface area contributed by atoms with E-state index in [0.717, 1.165) is 50.1 Å². The van der Waals surface area contributed by atoms with E-state index < -0.39 is 0 Å². The molecule has 0 spiro atoms. The Morgan fingerprint density at radius 3 is 2.67 bits per heavy atom. The van der Waals surface area contributed by atoms with Gasteiger partial charge >= 0.3 is 0 Å². The van der Waals surface area contributed by atoms with Gasteiger partial charge in [-0.15, -0.1) is 11.3 Å². The molecule has 0 bridgehead atoms. The lowest BCUT2D eigenvalue weighted by molar-refractivity contribution is 0.297. The molecule has 1 aliphatic heterocycles. The summed E-state index contributed by atoms with van der Waals surface area (Å²) in [4.78, 5) is 1.47. The summed E-state index contributed by atoms with van der Waals surface area (Å²) in [6, 6.07) is 5.11. The van der Waals surface area contributed by atoms with E-state index in [1.54, 1.807) is 0 Å². The molecule has 1 fully saturated rings. The number of aryl methyl sites for hydroxylation is 1. The summed E-state index contributed by atoms with van der Waals surface area (Å²) in [5.74, 6) is 1.82. The largest absolute Gasteiger partial charge is 0.490 e. The van der Waals surface area contributed by atoms with Gasteiger partial charge in [-0.05, 0) is 36.3 Å². The van der Waals surface area contributed by atoms with Crippen molar-refractivity contribution in [2.75, 3.05) is 13.2 Å². The van der Waals surface area contributed by atoms with Crippen LogP contribution in [-0.4, -0.2) is 19.3 Å². The second-order valence-corrected chi connectivity index (χ2v) is 6.99. The van der Waals surface area contributed by atoms with Crippen LogP contribution in [0.2, 0.25) is 0 Å². The Morgan fingerprint density at radius 2 is 1.95 bits per heavy atom. The highest BCUT2D eigenvalue weighted by Crippen LogP contribution is 2.40. The van der Waals surface area contributed by atoms with Crippen LogP contribution in [-0.2, 0) is 13.0 Å². The highest BCUT2D eigenvalue weighted by atomic mass is 32.1. The van der Waals surface area contributed by atoms with E-state index in [-0.39, 0.29) is 0 Å². The van der Waals surface area contributed by atoms with Gasteiger partial charge in [0.15, 0.2) is 11.5 Å². The van der Waals surface area contributed by atoms with Gasteiger partial charge in [0.1, 0.15) is 0 Å². The minimum absolute atomic E-state index is 0.750. The molecular formula is C17H21NO2S. The van der Waals surface area contributed by atoms with Crippen LogP contribution in [0.5, 0.6) is 11.5 Å². The highest BCUT2D eigenvalue weighted by molar-refractivity contribution is 7.19. The third-order valence-electron chi connectivity index (χ3n) is 4.23. The molecule has 1 N–H and O–H groups in total. The monoisotopic (exact) mass is 303 g/mol. The van der Waals surface area contributed by atoms with Gasteiger partial charge < -0.3 is 14.8 Å². The maximum atomic E-state index is 5.84. The Balaban J connectivity index is 1.73. The summed E-state index contributed by atoms with van der Waals surface area (Å²) >= 11 is 1.90. The Kier molecular flexibility index (Phi) is 3.51. The second kappa shape index (κ2) is 5.50. The first-order valence-corrected chi connectivity index (χ1v) is 8.74. The predicted octanol–water partition coefficient (Wildman–Crippen LogP) is 3.88. The third kappa shape index (κ3) is 2.62. The van der Waals surface area contributed by atoms with Gasteiger partial charge in [-0.1, -0.05) is 6.92 Å². The average Bonchev–Trinajstić information content (AvgIpc) is 3.28. The molecule has 2 heterocycles. The van der Waals surface area contributed by atoms with Crippen molar-refractivity contribution in [1.82, 2.24) is 5.32 Å². The van der Waals surface area contributed by atoms with Crippen LogP contribution in [0.15, 0.2) is 12.1 Å². The fourth-order valence-corrected chi connectivity index (χ4v) is 4.17. The quantitative estimate of drug-likeness (QED) is 0.930. The van der Waals surface area contributed by atoms with E-state index in [9.17, 15) is 0 Å². The topological polar surface area (TPSA) is 30.5 Å². The average molecular weight is 303 g/mol. The van der Waals surface area contributed by atoms with Crippen molar-refractivity contribution >= 4 is 21.4 Å². The van der Waals surface area contributed by atoms with Crippen molar-refractivity contribution in [2.45, 2.75) is 45.2 Å². The maximum absolute atomic E-state index is 5.84. The molecule has 2 aliphatic rings. The highest BCUT2D eigenvalue weighted by Gasteiger charge is 2.22. The number of fused-ring (bicyclic) bond motifs is 2. The number of hydrogen-bond donors (Lipinski definition) is 1. The molecule has 0 saturated heterocycles. The molecule has 1 aliphatic carbocycles. The molecule has 0 atom stereocenters. The van der Waals surface area contributed by atoms with Crippen LogP contribution in [0.3, 0.4) is 0 Å². The Bertz CT molecular complexity index is 660. The number of benzene rings is 1. The van der Waals surface area contributed by atoms with Crippen LogP contribution >= 0.6 is 11.3 Å². The lowest BCUT2D eigenvalue weighted by Crippen LogP contribution is -2.15. The number of rotatable bonds is 4. The smallest absolute Gasteiger partial charge is 0.162 e. The van der Waals surface area contributed by atoms with Gasteiger partial charge in [0.25, 0.3) is 0 Å². The summed E-state index contributed by atoms with van der Waals surface area (Å²) in [6.07, 6.45) is 4.70. The van der Waals surface area contributed by atoms with E-state index in [1.165, 1.54) is 33.4 Å². The van der Waals surface area contributed by atoms with E-state index in [4.69, 9.17) is 9.47 Å². The summed E-state index contributed by atoms with van der Waals surface area (Å²) in [7, 11) is 0. The van der Waals surface area contributed by atoms with Crippen LogP contribution < -0.4 is 14.8 Å². The first kappa shape index (κ1) is 13.4. The van der Waals surface area contributed by atoms with E-state index >= 15 is 0 Å². The van der Waals surface area contributed by atoms with Gasteiger partial charge in [-0.25, -0.2) is 0 Å². The number of hydrogen-bond acceptors (Lipinski definition) is 4.